The highest BCUT2D eigenvalue weighted by Gasteiger charge is 2.18. The minimum Gasteiger partial charge on any atom is -0.322 e. The summed E-state index contributed by atoms with van der Waals surface area (Å²) in [6.07, 6.45) is 7.03. The van der Waals surface area contributed by atoms with E-state index in [1.165, 1.54) is 25.0 Å². The molecule has 1 aromatic carbocycles. The molecule has 1 aliphatic heterocycles. The number of fused-ring (bicyclic) bond motifs is 1. The van der Waals surface area contributed by atoms with Crippen LogP contribution in [0.4, 0.5) is 4.39 Å². The SMILES string of the molecule is Fc1ccc(Cn2c(CC3CCNCC3)nc3ccncc32)cc1. The summed E-state index contributed by atoms with van der Waals surface area (Å²) in [7, 11) is 0. The topological polar surface area (TPSA) is 42.7 Å². The zero-order valence-corrected chi connectivity index (χ0v) is 13.6. The third-order valence-corrected chi connectivity index (χ3v) is 4.81. The molecule has 4 nitrogen and oxygen atoms in total. The first-order valence-corrected chi connectivity index (χ1v) is 8.54. The van der Waals surface area contributed by atoms with Crippen molar-refractivity contribution in [1.29, 1.82) is 0 Å². The lowest BCUT2D eigenvalue weighted by Gasteiger charge is -2.22. The van der Waals surface area contributed by atoms with Gasteiger partial charge in [0.2, 0.25) is 0 Å². The van der Waals surface area contributed by atoms with Crippen LogP contribution in [0, 0.1) is 11.7 Å². The van der Waals surface area contributed by atoms with E-state index in [2.05, 4.69) is 14.9 Å². The molecule has 124 valence electrons. The number of benzene rings is 1. The lowest BCUT2D eigenvalue weighted by atomic mass is 9.94. The van der Waals surface area contributed by atoms with E-state index in [1.54, 1.807) is 6.20 Å². The predicted octanol–water partition coefficient (Wildman–Crippen LogP) is 3.16. The van der Waals surface area contributed by atoms with Crippen LogP contribution in [-0.2, 0) is 13.0 Å². The highest BCUT2D eigenvalue weighted by molar-refractivity contribution is 5.74. The van der Waals surface area contributed by atoms with Gasteiger partial charge in [0, 0.05) is 19.2 Å². The number of nitrogens with one attached hydrogen (secondary N) is 1. The summed E-state index contributed by atoms with van der Waals surface area (Å²) in [5.74, 6) is 1.57. The number of rotatable bonds is 4. The number of hydrogen-bond acceptors (Lipinski definition) is 3. The summed E-state index contributed by atoms with van der Waals surface area (Å²) in [4.78, 5) is 9.11. The van der Waals surface area contributed by atoms with Crippen molar-refractivity contribution in [3.05, 3.63) is 59.9 Å². The van der Waals surface area contributed by atoms with Gasteiger partial charge in [0.1, 0.15) is 11.6 Å². The van der Waals surface area contributed by atoms with Crippen molar-refractivity contribution < 1.29 is 4.39 Å². The van der Waals surface area contributed by atoms with Gasteiger partial charge in [-0.25, -0.2) is 9.37 Å². The number of pyridine rings is 1. The second-order valence-corrected chi connectivity index (χ2v) is 6.50. The lowest BCUT2D eigenvalue weighted by Crippen LogP contribution is -2.29. The number of nitrogens with zero attached hydrogens (tertiary/aromatic N) is 3. The third-order valence-electron chi connectivity index (χ3n) is 4.81. The van der Waals surface area contributed by atoms with Crippen LogP contribution >= 0.6 is 0 Å². The van der Waals surface area contributed by atoms with E-state index < -0.39 is 0 Å². The maximum Gasteiger partial charge on any atom is 0.123 e. The first-order valence-electron chi connectivity index (χ1n) is 8.54. The van der Waals surface area contributed by atoms with Gasteiger partial charge in [-0.3, -0.25) is 4.98 Å². The standard InChI is InChI=1S/C19H21FN4/c20-16-3-1-15(2-4-16)13-24-18-12-22-10-7-17(18)23-19(24)11-14-5-8-21-9-6-14/h1-4,7,10,12,14,21H,5-6,8-9,11,13H2. The fraction of sp³-hybridized carbons (Fsp3) is 0.368. The van der Waals surface area contributed by atoms with Crippen LogP contribution in [0.5, 0.6) is 0 Å². The first-order chi connectivity index (χ1) is 11.8. The lowest BCUT2D eigenvalue weighted by molar-refractivity contribution is 0.364. The van der Waals surface area contributed by atoms with E-state index in [-0.39, 0.29) is 5.82 Å². The normalized spacial score (nSPS) is 15.9. The van der Waals surface area contributed by atoms with Crippen LogP contribution in [0.25, 0.3) is 11.0 Å². The summed E-state index contributed by atoms with van der Waals surface area (Å²) >= 11 is 0. The molecule has 3 aromatic rings. The van der Waals surface area contributed by atoms with Crippen LogP contribution < -0.4 is 5.32 Å². The summed E-state index contributed by atoms with van der Waals surface area (Å²) in [5.41, 5.74) is 3.10. The number of aromatic nitrogens is 3. The quantitative estimate of drug-likeness (QED) is 0.801. The fourth-order valence-electron chi connectivity index (χ4n) is 3.47. The van der Waals surface area contributed by atoms with Gasteiger partial charge in [-0.15, -0.1) is 0 Å². The van der Waals surface area contributed by atoms with Crippen molar-refractivity contribution in [1.82, 2.24) is 19.9 Å². The van der Waals surface area contributed by atoms with Gasteiger partial charge < -0.3 is 9.88 Å². The average Bonchev–Trinajstić information content (AvgIpc) is 2.95. The zero-order chi connectivity index (χ0) is 16.4. The smallest absolute Gasteiger partial charge is 0.123 e. The summed E-state index contributed by atoms with van der Waals surface area (Å²) in [5, 5.41) is 3.41. The van der Waals surface area contributed by atoms with Crippen LogP contribution in [0.15, 0.2) is 42.7 Å². The Morgan fingerprint density at radius 1 is 1.12 bits per heavy atom. The Balaban J connectivity index is 1.68. The Bertz CT molecular complexity index is 819. The Morgan fingerprint density at radius 2 is 1.92 bits per heavy atom. The van der Waals surface area contributed by atoms with Gasteiger partial charge >= 0.3 is 0 Å². The third kappa shape index (κ3) is 3.17. The van der Waals surface area contributed by atoms with E-state index in [9.17, 15) is 4.39 Å². The molecule has 0 atom stereocenters. The fourth-order valence-corrected chi connectivity index (χ4v) is 3.47. The highest BCUT2D eigenvalue weighted by Crippen LogP contribution is 2.23. The Kier molecular flexibility index (Phi) is 4.26. The molecule has 0 bridgehead atoms. The second-order valence-electron chi connectivity index (χ2n) is 6.50. The van der Waals surface area contributed by atoms with E-state index in [4.69, 9.17) is 4.98 Å². The van der Waals surface area contributed by atoms with Gasteiger partial charge in [0.25, 0.3) is 0 Å². The molecule has 1 fully saturated rings. The maximum atomic E-state index is 13.2. The summed E-state index contributed by atoms with van der Waals surface area (Å²) in [6.45, 7) is 2.87. The largest absolute Gasteiger partial charge is 0.322 e. The molecule has 0 unspecified atom stereocenters. The van der Waals surface area contributed by atoms with Crippen LogP contribution in [0.2, 0.25) is 0 Å². The molecular formula is C19H21FN4. The minimum atomic E-state index is -0.203. The van der Waals surface area contributed by atoms with Crippen molar-refractivity contribution in [3.8, 4) is 0 Å². The summed E-state index contributed by atoms with van der Waals surface area (Å²) in [6, 6.07) is 8.67. The molecule has 4 rings (SSSR count). The van der Waals surface area contributed by atoms with Crippen molar-refractivity contribution in [2.45, 2.75) is 25.8 Å². The molecule has 1 aliphatic rings. The van der Waals surface area contributed by atoms with Gasteiger partial charge in [0.15, 0.2) is 0 Å². The van der Waals surface area contributed by atoms with E-state index in [1.807, 2.05) is 24.4 Å². The molecule has 0 amide bonds. The molecule has 1 N–H and O–H groups in total. The van der Waals surface area contributed by atoms with Crippen LogP contribution in [0.3, 0.4) is 0 Å². The van der Waals surface area contributed by atoms with Crippen molar-refractivity contribution in [2.75, 3.05) is 13.1 Å². The molecule has 2 aromatic heterocycles. The van der Waals surface area contributed by atoms with E-state index in [0.29, 0.717) is 12.5 Å². The van der Waals surface area contributed by atoms with Gasteiger partial charge in [-0.05, 0) is 55.6 Å². The van der Waals surface area contributed by atoms with Crippen molar-refractivity contribution >= 4 is 11.0 Å². The van der Waals surface area contributed by atoms with E-state index >= 15 is 0 Å². The number of halogens is 1. The van der Waals surface area contributed by atoms with Gasteiger partial charge in [-0.2, -0.15) is 0 Å². The molecule has 1 saturated heterocycles. The molecule has 0 spiro atoms. The molecule has 24 heavy (non-hydrogen) atoms. The monoisotopic (exact) mass is 324 g/mol. The molecule has 0 radical (unpaired) electrons. The van der Waals surface area contributed by atoms with Crippen LogP contribution in [0.1, 0.15) is 24.2 Å². The highest BCUT2D eigenvalue weighted by atomic mass is 19.1. The zero-order valence-electron chi connectivity index (χ0n) is 13.6. The Morgan fingerprint density at radius 3 is 2.71 bits per heavy atom. The average molecular weight is 324 g/mol. The van der Waals surface area contributed by atoms with E-state index in [0.717, 1.165) is 41.9 Å². The van der Waals surface area contributed by atoms with Gasteiger partial charge in [-0.1, -0.05) is 12.1 Å². The first kappa shape index (κ1) is 15.3. The molecule has 3 heterocycles. The molecular weight excluding hydrogens is 303 g/mol. The molecule has 0 aliphatic carbocycles. The number of piperidine rings is 1. The number of imidazole rings is 1. The number of hydrogen-bond donors (Lipinski definition) is 1. The van der Waals surface area contributed by atoms with Crippen molar-refractivity contribution in [2.24, 2.45) is 5.92 Å². The summed E-state index contributed by atoms with van der Waals surface area (Å²) < 4.78 is 15.4. The second kappa shape index (κ2) is 6.69. The molecule has 0 saturated carbocycles. The minimum absolute atomic E-state index is 0.203. The van der Waals surface area contributed by atoms with Crippen molar-refractivity contribution in [3.63, 3.8) is 0 Å². The van der Waals surface area contributed by atoms with Gasteiger partial charge in [0.05, 0.1) is 17.2 Å². The molecule has 5 heteroatoms. The Labute approximate surface area is 140 Å². The van der Waals surface area contributed by atoms with Crippen LogP contribution in [-0.4, -0.2) is 27.6 Å². The maximum absolute atomic E-state index is 13.2. The predicted molar refractivity (Wildman–Crippen MR) is 92.3 cm³/mol. The Hall–Kier alpha value is -2.27.